The average Bonchev–Trinajstić information content (AvgIpc) is 2.42. The van der Waals surface area contributed by atoms with Crippen molar-refractivity contribution < 1.29 is 14.3 Å². The fourth-order valence-corrected chi connectivity index (χ4v) is 1.71. The summed E-state index contributed by atoms with van der Waals surface area (Å²) in [4.78, 5) is 24.7. The Kier molecular flexibility index (Phi) is 5.77. The summed E-state index contributed by atoms with van der Waals surface area (Å²) in [5.41, 5.74) is 6.44. The van der Waals surface area contributed by atoms with Gasteiger partial charge in [0.15, 0.2) is 6.61 Å². The van der Waals surface area contributed by atoms with Crippen LogP contribution in [0.3, 0.4) is 0 Å². The molecule has 2 amide bonds. The highest BCUT2D eigenvalue weighted by atomic mass is 16.5. The highest BCUT2D eigenvalue weighted by Gasteiger charge is 2.14. The van der Waals surface area contributed by atoms with Gasteiger partial charge in [-0.05, 0) is 32.0 Å². The second kappa shape index (κ2) is 7.33. The molecule has 20 heavy (non-hydrogen) atoms. The van der Waals surface area contributed by atoms with Crippen molar-refractivity contribution in [3.05, 3.63) is 42.0 Å². The zero-order valence-electron chi connectivity index (χ0n) is 11.9. The lowest BCUT2D eigenvalue weighted by Gasteiger charge is -2.21. The van der Waals surface area contributed by atoms with Gasteiger partial charge >= 0.3 is 0 Å². The number of hydrogen-bond acceptors (Lipinski definition) is 3. The van der Waals surface area contributed by atoms with Crippen LogP contribution in [0, 0.1) is 0 Å². The zero-order valence-corrected chi connectivity index (χ0v) is 11.9. The molecule has 108 valence electrons. The Morgan fingerprint density at radius 2 is 2.10 bits per heavy atom. The van der Waals surface area contributed by atoms with Crippen LogP contribution < -0.4 is 10.5 Å². The minimum atomic E-state index is -0.556. The van der Waals surface area contributed by atoms with Crippen LogP contribution in [-0.2, 0) is 4.79 Å². The molecule has 0 aliphatic heterocycles. The van der Waals surface area contributed by atoms with Gasteiger partial charge in [-0.1, -0.05) is 18.2 Å². The molecule has 0 aliphatic carbocycles. The van der Waals surface area contributed by atoms with Crippen LogP contribution in [0.1, 0.15) is 24.2 Å². The van der Waals surface area contributed by atoms with E-state index in [2.05, 4.69) is 6.58 Å². The summed E-state index contributed by atoms with van der Waals surface area (Å²) in [7, 11) is 0. The smallest absolute Gasteiger partial charge is 0.255 e. The van der Waals surface area contributed by atoms with Crippen molar-refractivity contribution in [1.29, 1.82) is 0 Å². The topological polar surface area (TPSA) is 72.6 Å². The van der Waals surface area contributed by atoms with Gasteiger partial charge in [0, 0.05) is 18.7 Å². The Morgan fingerprint density at radius 3 is 2.65 bits per heavy atom. The predicted molar refractivity (Wildman–Crippen MR) is 77.5 cm³/mol. The SMILES string of the molecule is C=C(C)CN(CC)C(=O)c1cccc(OCC(N)=O)c1. The van der Waals surface area contributed by atoms with Gasteiger partial charge in [-0.3, -0.25) is 9.59 Å². The molecule has 0 saturated heterocycles. The van der Waals surface area contributed by atoms with E-state index in [0.29, 0.717) is 24.4 Å². The lowest BCUT2D eigenvalue weighted by molar-refractivity contribution is -0.119. The van der Waals surface area contributed by atoms with Crippen LogP contribution in [0.25, 0.3) is 0 Å². The van der Waals surface area contributed by atoms with Crippen molar-refractivity contribution in [3.8, 4) is 5.75 Å². The summed E-state index contributed by atoms with van der Waals surface area (Å²) in [5.74, 6) is -0.208. The van der Waals surface area contributed by atoms with Crippen LogP contribution in [0.15, 0.2) is 36.4 Å². The van der Waals surface area contributed by atoms with Gasteiger partial charge in [-0.25, -0.2) is 0 Å². The minimum Gasteiger partial charge on any atom is -0.484 e. The van der Waals surface area contributed by atoms with Crippen molar-refractivity contribution in [3.63, 3.8) is 0 Å². The Labute approximate surface area is 119 Å². The molecular weight excluding hydrogens is 256 g/mol. The van der Waals surface area contributed by atoms with Gasteiger partial charge in [-0.2, -0.15) is 0 Å². The number of nitrogens with zero attached hydrogens (tertiary/aromatic N) is 1. The van der Waals surface area contributed by atoms with Gasteiger partial charge in [0.25, 0.3) is 11.8 Å². The first-order valence-corrected chi connectivity index (χ1v) is 6.38. The number of carbonyl (C=O) groups is 2. The number of rotatable bonds is 7. The largest absolute Gasteiger partial charge is 0.484 e. The second-order valence-corrected chi connectivity index (χ2v) is 4.56. The molecule has 0 radical (unpaired) electrons. The highest BCUT2D eigenvalue weighted by Crippen LogP contribution is 2.15. The third-order valence-electron chi connectivity index (χ3n) is 2.59. The lowest BCUT2D eigenvalue weighted by Crippen LogP contribution is -2.32. The molecule has 0 aliphatic rings. The highest BCUT2D eigenvalue weighted by molar-refractivity contribution is 5.94. The van der Waals surface area contributed by atoms with Gasteiger partial charge < -0.3 is 15.4 Å². The van der Waals surface area contributed by atoms with E-state index in [1.54, 1.807) is 29.2 Å². The first-order chi connectivity index (χ1) is 9.43. The number of amides is 2. The molecule has 0 saturated carbocycles. The van der Waals surface area contributed by atoms with E-state index in [1.165, 1.54) is 0 Å². The second-order valence-electron chi connectivity index (χ2n) is 4.56. The normalized spacial score (nSPS) is 9.90. The fraction of sp³-hybridized carbons (Fsp3) is 0.333. The van der Waals surface area contributed by atoms with Crippen molar-refractivity contribution in [2.24, 2.45) is 5.73 Å². The molecule has 0 atom stereocenters. The maximum atomic E-state index is 12.3. The molecule has 1 aromatic carbocycles. The van der Waals surface area contributed by atoms with Crippen molar-refractivity contribution in [2.75, 3.05) is 19.7 Å². The Hall–Kier alpha value is -2.30. The van der Waals surface area contributed by atoms with E-state index >= 15 is 0 Å². The van der Waals surface area contributed by atoms with Crippen LogP contribution >= 0.6 is 0 Å². The van der Waals surface area contributed by atoms with Crippen LogP contribution in [0.5, 0.6) is 5.75 Å². The number of carbonyl (C=O) groups excluding carboxylic acids is 2. The zero-order chi connectivity index (χ0) is 15.1. The van der Waals surface area contributed by atoms with Gasteiger partial charge in [0.1, 0.15) is 5.75 Å². The number of primary amides is 1. The molecule has 0 spiro atoms. The summed E-state index contributed by atoms with van der Waals surface area (Å²) in [5, 5.41) is 0. The molecule has 2 N–H and O–H groups in total. The summed E-state index contributed by atoms with van der Waals surface area (Å²) < 4.78 is 5.19. The molecule has 0 aromatic heterocycles. The Bertz CT molecular complexity index is 512. The third-order valence-corrected chi connectivity index (χ3v) is 2.59. The van der Waals surface area contributed by atoms with Crippen molar-refractivity contribution in [2.45, 2.75) is 13.8 Å². The van der Waals surface area contributed by atoms with Crippen molar-refractivity contribution >= 4 is 11.8 Å². The van der Waals surface area contributed by atoms with E-state index in [4.69, 9.17) is 10.5 Å². The third kappa shape index (κ3) is 4.76. The van der Waals surface area contributed by atoms with Crippen LogP contribution in [-0.4, -0.2) is 36.4 Å². The summed E-state index contributed by atoms with van der Waals surface area (Å²) in [6.45, 7) is 8.51. The molecule has 1 rings (SSSR count). The fourth-order valence-electron chi connectivity index (χ4n) is 1.71. The lowest BCUT2D eigenvalue weighted by atomic mass is 10.1. The average molecular weight is 276 g/mol. The van der Waals surface area contributed by atoms with Gasteiger partial charge in [0.05, 0.1) is 0 Å². The summed E-state index contributed by atoms with van der Waals surface area (Å²) in [6.07, 6.45) is 0. The van der Waals surface area contributed by atoms with E-state index in [1.807, 2.05) is 13.8 Å². The Morgan fingerprint density at radius 1 is 1.40 bits per heavy atom. The maximum Gasteiger partial charge on any atom is 0.255 e. The molecule has 5 nitrogen and oxygen atoms in total. The molecule has 0 fully saturated rings. The number of hydrogen-bond donors (Lipinski definition) is 1. The summed E-state index contributed by atoms with van der Waals surface area (Å²) >= 11 is 0. The number of likely N-dealkylation sites (N-methyl/N-ethyl adjacent to an activating group) is 1. The van der Waals surface area contributed by atoms with E-state index in [-0.39, 0.29) is 12.5 Å². The van der Waals surface area contributed by atoms with Crippen LogP contribution in [0.2, 0.25) is 0 Å². The molecule has 5 heteroatoms. The molecule has 0 bridgehead atoms. The molecule has 0 unspecified atom stereocenters. The first-order valence-electron chi connectivity index (χ1n) is 6.38. The first kappa shape index (κ1) is 15.8. The van der Waals surface area contributed by atoms with Gasteiger partial charge in [0.2, 0.25) is 0 Å². The maximum absolute atomic E-state index is 12.3. The minimum absolute atomic E-state index is 0.0972. The van der Waals surface area contributed by atoms with E-state index < -0.39 is 5.91 Å². The summed E-state index contributed by atoms with van der Waals surface area (Å²) in [6, 6.07) is 6.69. The number of benzene rings is 1. The van der Waals surface area contributed by atoms with E-state index in [9.17, 15) is 9.59 Å². The van der Waals surface area contributed by atoms with Gasteiger partial charge in [-0.15, -0.1) is 0 Å². The van der Waals surface area contributed by atoms with Crippen LogP contribution in [0.4, 0.5) is 0 Å². The molecular formula is C15H20N2O3. The number of nitrogens with two attached hydrogens (primary N) is 1. The predicted octanol–water partition coefficient (Wildman–Crippen LogP) is 1.59. The standard InChI is InChI=1S/C15H20N2O3/c1-4-17(9-11(2)3)15(19)12-6-5-7-13(8-12)20-10-14(16)18/h5-8H,2,4,9-10H2,1,3H3,(H2,16,18). The number of ether oxygens (including phenoxy) is 1. The molecule has 1 aromatic rings. The van der Waals surface area contributed by atoms with E-state index in [0.717, 1.165) is 5.57 Å². The Balaban J connectivity index is 2.84. The molecule has 0 heterocycles. The quantitative estimate of drug-likeness (QED) is 0.769. The van der Waals surface area contributed by atoms with Crippen molar-refractivity contribution in [1.82, 2.24) is 4.90 Å². The monoisotopic (exact) mass is 276 g/mol.